The Morgan fingerprint density at radius 3 is 1.58 bits per heavy atom. The zero-order valence-electron chi connectivity index (χ0n) is 11.4. The SMILES string of the molecule is O=C1CCCCCCCCC(=O)C1.c1cncnc1. The molecule has 0 amide bonds. The Balaban J connectivity index is 0.000000250. The van der Waals surface area contributed by atoms with Crippen LogP contribution in [0.25, 0.3) is 0 Å². The number of Topliss-reactive ketones (excluding diaryl/α,β-unsaturated/α-hetero) is 2. The first-order valence-corrected chi connectivity index (χ1v) is 7.02. The van der Waals surface area contributed by atoms with Crippen molar-refractivity contribution >= 4 is 11.6 Å². The van der Waals surface area contributed by atoms with Crippen molar-refractivity contribution in [3.63, 3.8) is 0 Å². The molecule has 1 aliphatic rings. The highest BCUT2D eigenvalue weighted by molar-refractivity contribution is 5.98. The van der Waals surface area contributed by atoms with E-state index in [4.69, 9.17) is 0 Å². The van der Waals surface area contributed by atoms with Crippen LogP contribution in [-0.2, 0) is 9.59 Å². The second kappa shape index (κ2) is 10.4. The minimum Gasteiger partial charge on any atom is -0.299 e. The van der Waals surface area contributed by atoms with Crippen LogP contribution in [0.4, 0.5) is 0 Å². The summed E-state index contributed by atoms with van der Waals surface area (Å²) in [5.41, 5.74) is 0. The zero-order valence-corrected chi connectivity index (χ0v) is 11.4. The molecule has 0 unspecified atom stereocenters. The number of hydrogen-bond acceptors (Lipinski definition) is 4. The van der Waals surface area contributed by atoms with Gasteiger partial charge in [-0.15, -0.1) is 0 Å². The molecule has 4 heteroatoms. The van der Waals surface area contributed by atoms with E-state index in [0.29, 0.717) is 12.8 Å². The van der Waals surface area contributed by atoms with Gasteiger partial charge in [0.15, 0.2) is 0 Å². The van der Waals surface area contributed by atoms with Crippen LogP contribution in [0.1, 0.15) is 57.8 Å². The fourth-order valence-electron chi connectivity index (χ4n) is 2.00. The highest BCUT2D eigenvalue weighted by atomic mass is 16.1. The summed E-state index contributed by atoms with van der Waals surface area (Å²) in [6.07, 6.45) is 13.0. The van der Waals surface area contributed by atoms with E-state index in [1.165, 1.54) is 19.2 Å². The van der Waals surface area contributed by atoms with Crippen LogP contribution >= 0.6 is 0 Å². The first-order valence-electron chi connectivity index (χ1n) is 7.02. The summed E-state index contributed by atoms with van der Waals surface area (Å²) in [7, 11) is 0. The molecule has 0 saturated heterocycles. The van der Waals surface area contributed by atoms with Gasteiger partial charge in [0.1, 0.15) is 17.9 Å². The van der Waals surface area contributed by atoms with Crippen LogP contribution in [0.5, 0.6) is 0 Å². The molecule has 104 valence electrons. The Bertz CT molecular complexity index is 319. The summed E-state index contributed by atoms with van der Waals surface area (Å²) in [4.78, 5) is 29.8. The number of nitrogens with zero attached hydrogens (tertiary/aromatic N) is 2. The third-order valence-corrected chi connectivity index (χ3v) is 3.03. The van der Waals surface area contributed by atoms with Gasteiger partial charge in [-0.05, 0) is 18.9 Å². The maximum Gasteiger partial charge on any atom is 0.140 e. The maximum absolute atomic E-state index is 11.2. The molecule has 0 aliphatic heterocycles. The van der Waals surface area contributed by atoms with Crippen molar-refractivity contribution in [2.24, 2.45) is 0 Å². The van der Waals surface area contributed by atoms with Crippen LogP contribution in [-0.4, -0.2) is 21.5 Å². The summed E-state index contributed by atoms with van der Waals surface area (Å²) in [5, 5.41) is 0. The zero-order chi connectivity index (χ0) is 13.8. The van der Waals surface area contributed by atoms with Crippen molar-refractivity contribution in [2.75, 3.05) is 0 Å². The van der Waals surface area contributed by atoms with Gasteiger partial charge in [0.25, 0.3) is 0 Å². The molecular weight excluding hydrogens is 240 g/mol. The third kappa shape index (κ3) is 9.05. The Morgan fingerprint density at radius 2 is 1.21 bits per heavy atom. The predicted molar refractivity (Wildman–Crippen MR) is 73.6 cm³/mol. The fourth-order valence-corrected chi connectivity index (χ4v) is 2.00. The summed E-state index contributed by atoms with van der Waals surface area (Å²) in [5.74, 6) is 0.291. The first kappa shape index (κ1) is 15.5. The second-order valence-corrected chi connectivity index (χ2v) is 4.78. The topological polar surface area (TPSA) is 59.9 Å². The Hall–Kier alpha value is -1.58. The summed E-state index contributed by atoms with van der Waals surface area (Å²) in [6, 6.07) is 1.78. The van der Waals surface area contributed by atoms with Crippen molar-refractivity contribution < 1.29 is 9.59 Å². The average molecular weight is 262 g/mol. The normalized spacial score (nSPS) is 17.9. The van der Waals surface area contributed by atoms with Crippen LogP contribution in [0.2, 0.25) is 0 Å². The number of rotatable bonds is 0. The van der Waals surface area contributed by atoms with E-state index < -0.39 is 0 Å². The molecule has 0 N–H and O–H groups in total. The van der Waals surface area contributed by atoms with Crippen LogP contribution < -0.4 is 0 Å². The van der Waals surface area contributed by atoms with E-state index in [2.05, 4.69) is 9.97 Å². The van der Waals surface area contributed by atoms with E-state index in [0.717, 1.165) is 25.7 Å². The number of hydrogen-bond donors (Lipinski definition) is 0. The lowest BCUT2D eigenvalue weighted by molar-refractivity contribution is -0.127. The molecule has 1 heterocycles. The number of ketones is 2. The molecule has 4 nitrogen and oxygen atoms in total. The smallest absolute Gasteiger partial charge is 0.140 e. The lowest BCUT2D eigenvalue weighted by atomic mass is 10.1. The number of carbonyl (C=O) groups excluding carboxylic acids is 2. The first-order chi connectivity index (χ1) is 9.29. The molecular formula is C15H22N2O2. The molecule has 19 heavy (non-hydrogen) atoms. The van der Waals surface area contributed by atoms with Crippen LogP contribution in [0.15, 0.2) is 24.8 Å². The second-order valence-electron chi connectivity index (χ2n) is 4.78. The van der Waals surface area contributed by atoms with E-state index in [1.807, 2.05) is 0 Å². The molecule has 1 aromatic rings. The molecule has 2 rings (SSSR count). The predicted octanol–water partition coefficient (Wildman–Crippen LogP) is 3.13. The highest BCUT2D eigenvalue weighted by Crippen LogP contribution is 2.12. The molecule has 0 bridgehead atoms. The van der Waals surface area contributed by atoms with E-state index >= 15 is 0 Å². The van der Waals surface area contributed by atoms with Gasteiger partial charge in [-0.25, -0.2) is 9.97 Å². The lowest BCUT2D eigenvalue weighted by Crippen LogP contribution is -2.06. The molecule has 0 aromatic carbocycles. The molecule has 0 radical (unpaired) electrons. The van der Waals surface area contributed by atoms with Gasteiger partial charge < -0.3 is 0 Å². The standard InChI is InChI=1S/C11H18O2.C4H4N2/c12-10-7-5-3-1-2-4-6-8-11(13)9-10;1-2-5-4-6-3-1/h1-9H2;1-4H. The number of aromatic nitrogens is 2. The monoisotopic (exact) mass is 262 g/mol. The van der Waals surface area contributed by atoms with Crippen molar-refractivity contribution in [3.8, 4) is 0 Å². The Kier molecular flexibility index (Phi) is 8.43. The molecule has 1 saturated carbocycles. The van der Waals surface area contributed by atoms with Gasteiger partial charge in [0.05, 0.1) is 6.42 Å². The van der Waals surface area contributed by atoms with Crippen LogP contribution in [0.3, 0.4) is 0 Å². The molecule has 1 fully saturated rings. The van der Waals surface area contributed by atoms with Gasteiger partial charge >= 0.3 is 0 Å². The summed E-state index contributed by atoms with van der Waals surface area (Å²) < 4.78 is 0. The van der Waals surface area contributed by atoms with Crippen LogP contribution in [0, 0.1) is 0 Å². The van der Waals surface area contributed by atoms with Gasteiger partial charge in [-0.2, -0.15) is 0 Å². The van der Waals surface area contributed by atoms with E-state index in [-0.39, 0.29) is 18.0 Å². The van der Waals surface area contributed by atoms with Gasteiger partial charge in [-0.1, -0.05) is 25.7 Å². The minimum absolute atomic E-state index is 0.145. The van der Waals surface area contributed by atoms with Gasteiger partial charge in [0.2, 0.25) is 0 Å². The molecule has 1 aromatic heterocycles. The van der Waals surface area contributed by atoms with E-state index in [9.17, 15) is 9.59 Å². The Labute approximate surface area is 114 Å². The largest absolute Gasteiger partial charge is 0.299 e. The van der Waals surface area contributed by atoms with Crippen molar-refractivity contribution in [2.45, 2.75) is 57.8 Å². The van der Waals surface area contributed by atoms with Crippen molar-refractivity contribution in [1.29, 1.82) is 0 Å². The lowest BCUT2D eigenvalue weighted by Gasteiger charge is -1.97. The van der Waals surface area contributed by atoms with Crippen molar-refractivity contribution in [3.05, 3.63) is 24.8 Å². The third-order valence-electron chi connectivity index (χ3n) is 3.03. The minimum atomic E-state index is 0.145. The molecule has 1 aliphatic carbocycles. The van der Waals surface area contributed by atoms with E-state index in [1.54, 1.807) is 18.5 Å². The molecule has 0 atom stereocenters. The van der Waals surface area contributed by atoms with Gasteiger partial charge in [-0.3, -0.25) is 9.59 Å². The fraction of sp³-hybridized carbons (Fsp3) is 0.600. The van der Waals surface area contributed by atoms with Crippen molar-refractivity contribution in [1.82, 2.24) is 9.97 Å². The highest BCUT2D eigenvalue weighted by Gasteiger charge is 2.10. The quantitative estimate of drug-likeness (QED) is 0.674. The summed E-state index contributed by atoms with van der Waals surface area (Å²) >= 11 is 0. The average Bonchev–Trinajstić information content (AvgIpc) is 2.47. The summed E-state index contributed by atoms with van der Waals surface area (Å²) in [6.45, 7) is 0. The molecule has 0 spiro atoms. The maximum atomic E-state index is 11.2. The van der Waals surface area contributed by atoms with Gasteiger partial charge in [0, 0.05) is 25.2 Å². The Morgan fingerprint density at radius 1 is 0.737 bits per heavy atom. The number of carbonyl (C=O) groups is 2.